The van der Waals surface area contributed by atoms with Gasteiger partial charge in [0.1, 0.15) is 0 Å². The molecule has 0 heterocycles. The molecule has 0 aromatic carbocycles. The Labute approximate surface area is 93.8 Å². The predicted molar refractivity (Wildman–Crippen MR) is 68.2 cm³/mol. The van der Waals surface area contributed by atoms with Crippen molar-refractivity contribution in [2.75, 3.05) is 32.6 Å². The van der Waals surface area contributed by atoms with E-state index in [2.05, 4.69) is 44.3 Å². The molecule has 0 saturated heterocycles. The number of nitrogens with one attached hydrogen (secondary N) is 1. The standard InChI is InChI=1S/C11H26N2S/c1-9(2)11(7-12-4)13(5)10(3)8-14-6/h9-12H,7-8H2,1-6H3. The molecule has 0 bridgehead atoms. The molecule has 0 aliphatic heterocycles. The summed E-state index contributed by atoms with van der Waals surface area (Å²) < 4.78 is 0. The number of nitrogens with zero attached hydrogens (tertiary/aromatic N) is 1. The van der Waals surface area contributed by atoms with E-state index in [0.29, 0.717) is 18.0 Å². The van der Waals surface area contributed by atoms with E-state index >= 15 is 0 Å². The first-order valence-corrected chi connectivity index (χ1v) is 6.79. The van der Waals surface area contributed by atoms with Crippen molar-refractivity contribution in [2.45, 2.75) is 32.9 Å². The van der Waals surface area contributed by atoms with Gasteiger partial charge in [-0.1, -0.05) is 13.8 Å². The summed E-state index contributed by atoms with van der Waals surface area (Å²) in [6.07, 6.45) is 2.17. The highest BCUT2D eigenvalue weighted by Crippen LogP contribution is 2.13. The third kappa shape index (κ3) is 4.67. The molecule has 86 valence electrons. The largest absolute Gasteiger partial charge is 0.318 e. The van der Waals surface area contributed by atoms with E-state index in [9.17, 15) is 0 Å². The Morgan fingerprint density at radius 1 is 1.29 bits per heavy atom. The fraction of sp³-hybridized carbons (Fsp3) is 1.00. The van der Waals surface area contributed by atoms with Crippen LogP contribution in [0.2, 0.25) is 0 Å². The van der Waals surface area contributed by atoms with Gasteiger partial charge in [-0.05, 0) is 33.2 Å². The SMILES string of the molecule is CNCC(C(C)C)N(C)C(C)CSC. The number of hydrogen-bond donors (Lipinski definition) is 1. The van der Waals surface area contributed by atoms with Gasteiger partial charge >= 0.3 is 0 Å². The molecular formula is C11H26N2S. The van der Waals surface area contributed by atoms with Crippen molar-refractivity contribution in [1.82, 2.24) is 10.2 Å². The van der Waals surface area contributed by atoms with Crippen molar-refractivity contribution < 1.29 is 0 Å². The topological polar surface area (TPSA) is 15.3 Å². The summed E-state index contributed by atoms with van der Waals surface area (Å²) in [6, 6.07) is 1.30. The molecule has 0 aliphatic carbocycles. The lowest BCUT2D eigenvalue weighted by molar-refractivity contribution is 0.155. The molecule has 0 rings (SSSR count). The van der Waals surface area contributed by atoms with Gasteiger partial charge in [0.05, 0.1) is 0 Å². The van der Waals surface area contributed by atoms with Crippen LogP contribution in [-0.2, 0) is 0 Å². The monoisotopic (exact) mass is 218 g/mol. The van der Waals surface area contributed by atoms with Crippen LogP contribution in [0.5, 0.6) is 0 Å². The maximum Gasteiger partial charge on any atom is 0.0243 e. The molecule has 2 unspecified atom stereocenters. The average molecular weight is 218 g/mol. The van der Waals surface area contributed by atoms with Crippen LogP contribution in [0.1, 0.15) is 20.8 Å². The molecule has 0 aromatic heterocycles. The molecule has 0 spiro atoms. The number of likely N-dealkylation sites (N-methyl/N-ethyl adjacent to an activating group) is 2. The third-order valence-corrected chi connectivity index (χ3v) is 3.62. The third-order valence-electron chi connectivity index (χ3n) is 2.81. The van der Waals surface area contributed by atoms with Crippen LogP contribution >= 0.6 is 11.8 Å². The average Bonchev–Trinajstić information content (AvgIpc) is 2.13. The Bertz CT molecular complexity index is 139. The first-order chi connectivity index (χ1) is 6.54. The van der Waals surface area contributed by atoms with Crippen molar-refractivity contribution in [1.29, 1.82) is 0 Å². The summed E-state index contributed by atoms with van der Waals surface area (Å²) in [6.45, 7) is 7.98. The highest BCUT2D eigenvalue weighted by atomic mass is 32.2. The van der Waals surface area contributed by atoms with Gasteiger partial charge in [0.25, 0.3) is 0 Å². The molecule has 2 atom stereocenters. The zero-order valence-electron chi connectivity index (χ0n) is 10.5. The minimum absolute atomic E-state index is 0.641. The molecule has 1 N–H and O–H groups in total. The Morgan fingerprint density at radius 3 is 2.21 bits per heavy atom. The van der Waals surface area contributed by atoms with Crippen molar-refractivity contribution in [3.05, 3.63) is 0 Å². The van der Waals surface area contributed by atoms with Crippen LogP contribution < -0.4 is 5.32 Å². The molecule has 0 saturated carbocycles. The second-order valence-electron chi connectivity index (χ2n) is 4.34. The Kier molecular flexibility index (Phi) is 7.69. The maximum atomic E-state index is 3.28. The fourth-order valence-electron chi connectivity index (χ4n) is 1.74. The molecule has 0 aromatic rings. The second-order valence-corrected chi connectivity index (χ2v) is 5.25. The van der Waals surface area contributed by atoms with Crippen LogP contribution in [0.15, 0.2) is 0 Å². The van der Waals surface area contributed by atoms with Crippen molar-refractivity contribution >= 4 is 11.8 Å². The number of thioether (sulfide) groups is 1. The lowest BCUT2D eigenvalue weighted by atomic mass is 10.0. The zero-order valence-corrected chi connectivity index (χ0v) is 11.3. The first-order valence-electron chi connectivity index (χ1n) is 5.40. The van der Waals surface area contributed by atoms with Gasteiger partial charge in [-0.2, -0.15) is 11.8 Å². The van der Waals surface area contributed by atoms with Gasteiger partial charge in [0.2, 0.25) is 0 Å². The van der Waals surface area contributed by atoms with Crippen LogP contribution in [0.4, 0.5) is 0 Å². The van der Waals surface area contributed by atoms with E-state index in [1.807, 2.05) is 18.8 Å². The van der Waals surface area contributed by atoms with Gasteiger partial charge in [-0.15, -0.1) is 0 Å². The highest BCUT2D eigenvalue weighted by molar-refractivity contribution is 7.98. The van der Waals surface area contributed by atoms with Crippen LogP contribution in [0.3, 0.4) is 0 Å². The summed E-state index contributed by atoms with van der Waals surface area (Å²) in [5.74, 6) is 1.92. The summed E-state index contributed by atoms with van der Waals surface area (Å²) in [5, 5.41) is 3.28. The van der Waals surface area contributed by atoms with Gasteiger partial charge in [-0.3, -0.25) is 4.90 Å². The molecule has 2 nitrogen and oxygen atoms in total. The molecule has 0 amide bonds. The minimum atomic E-state index is 0.641. The maximum absolute atomic E-state index is 3.28. The highest BCUT2D eigenvalue weighted by Gasteiger charge is 2.21. The Morgan fingerprint density at radius 2 is 1.86 bits per heavy atom. The molecule has 0 aliphatic rings. The van der Waals surface area contributed by atoms with Crippen LogP contribution in [0.25, 0.3) is 0 Å². The van der Waals surface area contributed by atoms with Gasteiger partial charge in [-0.25, -0.2) is 0 Å². The van der Waals surface area contributed by atoms with Crippen molar-refractivity contribution in [3.63, 3.8) is 0 Å². The molecule has 0 radical (unpaired) electrons. The van der Waals surface area contributed by atoms with E-state index in [1.165, 1.54) is 5.75 Å². The summed E-state index contributed by atoms with van der Waals surface area (Å²) >= 11 is 1.92. The summed E-state index contributed by atoms with van der Waals surface area (Å²) in [5.41, 5.74) is 0. The molecule has 0 fully saturated rings. The normalized spacial score (nSPS) is 16.3. The quantitative estimate of drug-likeness (QED) is 0.703. The first kappa shape index (κ1) is 14.3. The molecule has 3 heteroatoms. The molecular weight excluding hydrogens is 192 g/mol. The number of hydrogen-bond acceptors (Lipinski definition) is 3. The minimum Gasteiger partial charge on any atom is -0.318 e. The fourth-order valence-corrected chi connectivity index (χ4v) is 2.46. The lowest BCUT2D eigenvalue weighted by Gasteiger charge is -2.35. The van der Waals surface area contributed by atoms with E-state index < -0.39 is 0 Å². The molecule has 14 heavy (non-hydrogen) atoms. The zero-order chi connectivity index (χ0) is 11.1. The summed E-state index contributed by atoms with van der Waals surface area (Å²) in [7, 11) is 4.27. The van der Waals surface area contributed by atoms with Crippen molar-refractivity contribution in [3.8, 4) is 0 Å². The van der Waals surface area contributed by atoms with Crippen molar-refractivity contribution in [2.24, 2.45) is 5.92 Å². The van der Waals surface area contributed by atoms with Gasteiger partial charge in [0, 0.05) is 24.4 Å². The van der Waals surface area contributed by atoms with E-state index in [1.54, 1.807) is 0 Å². The lowest BCUT2D eigenvalue weighted by Crippen LogP contribution is -2.47. The Hall–Kier alpha value is 0.270. The van der Waals surface area contributed by atoms with Gasteiger partial charge in [0.15, 0.2) is 0 Å². The van der Waals surface area contributed by atoms with E-state index in [0.717, 1.165) is 6.54 Å². The predicted octanol–water partition coefficient (Wildman–Crippen LogP) is 1.91. The smallest absolute Gasteiger partial charge is 0.0243 e. The van der Waals surface area contributed by atoms with Crippen LogP contribution in [-0.4, -0.2) is 49.6 Å². The summed E-state index contributed by atoms with van der Waals surface area (Å²) in [4.78, 5) is 2.50. The van der Waals surface area contributed by atoms with E-state index in [4.69, 9.17) is 0 Å². The number of rotatable bonds is 7. The van der Waals surface area contributed by atoms with E-state index in [-0.39, 0.29) is 0 Å². The Balaban J connectivity index is 4.19. The van der Waals surface area contributed by atoms with Crippen LogP contribution in [0, 0.1) is 5.92 Å². The van der Waals surface area contributed by atoms with Gasteiger partial charge < -0.3 is 5.32 Å². The second kappa shape index (κ2) is 7.55.